The fourth-order valence-electron chi connectivity index (χ4n) is 1.59. The van der Waals surface area contributed by atoms with Crippen LogP contribution in [-0.4, -0.2) is 17.7 Å². The molecule has 0 radical (unpaired) electrons. The van der Waals surface area contributed by atoms with E-state index in [4.69, 9.17) is 11.6 Å². The maximum Gasteiger partial charge on any atom is 0.258 e. The predicted octanol–water partition coefficient (Wildman–Crippen LogP) is 1.73. The average Bonchev–Trinajstić information content (AvgIpc) is 2.62. The first-order valence-electron chi connectivity index (χ1n) is 5.12. The molecular weight excluding hydrogens is 256 g/mol. The van der Waals surface area contributed by atoms with Crippen LogP contribution in [-0.2, 0) is 14.4 Å². The molecule has 1 aromatic rings. The topological polar surface area (TPSA) is 66.5 Å². The molecule has 92 valence electrons. The molecule has 1 aromatic carbocycles. The van der Waals surface area contributed by atoms with Crippen molar-refractivity contribution >= 4 is 40.7 Å². The summed E-state index contributed by atoms with van der Waals surface area (Å²) in [6, 6.07) is 4.53. The molecule has 0 spiro atoms. The Morgan fingerprint density at radius 3 is 2.39 bits per heavy atom. The summed E-state index contributed by atoms with van der Waals surface area (Å²) in [5.41, 5.74) is 0.720. The number of carbonyl (C=O) groups is 3. The molecule has 0 saturated heterocycles. The third-order valence-corrected chi connectivity index (χ3v) is 2.66. The lowest BCUT2D eigenvalue weighted by atomic mass is 10.2. The van der Waals surface area contributed by atoms with Crippen LogP contribution >= 0.6 is 11.6 Å². The van der Waals surface area contributed by atoms with Crippen molar-refractivity contribution in [1.82, 2.24) is 0 Å². The fraction of sp³-hybridized carbons (Fsp3) is 0.0833. The Kier molecular flexibility index (Phi) is 3.16. The van der Waals surface area contributed by atoms with E-state index in [9.17, 15) is 14.4 Å². The lowest BCUT2D eigenvalue weighted by molar-refractivity contribution is -0.120. The van der Waals surface area contributed by atoms with Gasteiger partial charge in [-0.2, -0.15) is 0 Å². The molecule has 0 saturated carbocycles. The molecule has 18 heavy (non-hydrogen) atoms. The number of carbonyl (C=O) groups excluding carboxylic acids is 3. The molecule has 3 amide bonds. The van der Waals surface area contributed by atoms with Crippen LogP contribution in [0.1, 0.15) is 6.92 Å². The highest BCUT2D eigenvalue weighted by Crippen LogP contribution is 2.29. The first-order valence-corrected chi connectivity index (χ1v) is 5.50. The van der Waals surface area contributed by atoms with Crippen molar-refractivity contribution < 1.29 is 14.4 Å². The van der Waals surface area contributed by atoms with E-state index in [1.165, 1.54) is 37.3 Å². The van der Waals surface area contributed by atoms with Crippen molar-refractivity contribution in [2.75, 3.05) is 10.2 Å². The largest absolute Gasteiger partial charge is 0.325 e. The first-order chi connectivity index (χ1) is 8.49. The van der Waals surface area contributed by atoms with E-state index < -0.39 is 11.8 Å². The van der Waals surface area contributed by atoms with Gasteiger partial charge in [0.2, 0.25) is 5.91 Å². The third kappa shape index (κ3) is 2.26. The molecule has 1 aliphatic heterocycles. The van der Waals surface area contributed by atoms with Gasteiger partial charge in [-0.05, 0) is 18.2 Å². The van der Waals surface area contributed by atoms with Gasteiger partial charge in [0.15, 0.2) is 0 Å². The van der Waals surface area contributed by atoms with Crippen molar-refractivity contribution in [3.8, 4) is 0 Å². The molecule has 2 rings (SSSR count). The van der Waals surface area contributed by atoms with Gasteiger partial charge in [-0.25, -0.2) is 4.90 Å². The SMILES string of the molecule is CC(=O)Nc1cc(N2C(=O)C=CC2=O)ccc1Cl. The molecule has 0 unspecified atom stereocenters. The second-order valence-corrected chi connectivity index (χ2v) is 4.10. The van der Waals surface area contributed by atoms with Crippen molar-refractivity contribution in [3.63, 3.8) is 0 Å². The number of hydrogen-bond donors (Lipinski definition) is 1. The lowest BCUT2D eigenvalue weighted by Crippen LogP contribution is -2.29. The zero-order valence-electron chi connectivity index (χ0n) is 9.44. The summed E-state index contributed by atoms with van der Waals surface area (Å²) in [5.74, 6) is -1.13. The molecule has 0 atom stereocenters. The molecule has 5 nitrogen and oxygen atoms in total. The van der Waals surface area contributed by atoms with Crippen LogP contribution in [0, 0.1) is 0 Å². The molecule has 0 aromatic heterocycles. The van der Waals surface area contributed by atoms with E-state index in [2.05, 4.69) is 5.32 Å². The summed E-state index contributed by atoms with van der Waals surface area (Å²) < 4.78 is 0. The van der Waals surface area contributed by atoms with Gasteiger partial charge in [0.05, 0.1) is 16.4 Å². The summed E-state index contributed by atoms with van der Waals surface area (Å²) >= 11 is 5.90. The van der Waals surface area contributed by atoms with Crippen molar-refractivity contribution in [1.29, 1.82) is 0 Å². The number of imide groups is 1. The van der Waals surface area contributed by atoms with Crippen molar-refractivity contribution in [2.24, 2.45) is 0 Å². The number of anilines is 2. The van der Waals surface area contributed by atoms with Gasteiger partial charge in [-0.3, -0.25) is 14.4 Å². The summed E-state index contributed by atoms with van der Waals surface area (Å²) in [4.78, 5) is 35.0. The van der Waals surface area contributed by atoms with E-state index in [-0.39, 0.29) is 5.91 Å². The number of rotatable bonds is 2. The van der Waals surface area contributed by atoms with Gasteiger partial charge < -0.3 is 5.32 Å². The third-order valence-electron chi connectivity index (χ3n) is 2.33. The second-order valence-electron chi connectivity index (χ2n) is 3.69. The Balaban J connectivity index is 2.38. The number of halogens is 1. The predicted molar refractivity (Wildman–Crippen MR) is 67.4 cm³/mol. The van der Waals surface area contributed by atoms with E-state index in [1.54, 1.807) is 0 Å². The molecule has 1 aliphatic rings. The Bertz CT molecular complexity index is 563. The second kappa shape index (κ2) is 4.62. The Labute approximate surface area is 108 Å². The number of nitrogens with zero attached hydrogens (tertiary/aromatic N) is 1. The van der Waals surface area contributed by atoms with Crippen LogP contribution in [0.2, 0.25) is 5.02 Å². The van der Waals surface area contributed by atoms with E-state index in [0.29, 0.717) is 16.4 Å². The van der Waals surface area contributed by atoms with Crippen LogP contribution in [0.15, 0.2) is 30.4 Å². The van der Waals surface area contributed by atoms with Gasteiger partial charge in [-0.15, -0.1) is 0 Å². The molecule has 0 aliphatic carbocycles. The van der Waals surface area contributed by atoms with Crippen LogP contribution in [0.4, 0.5) is 11.4 Å². The Hall–Kier alpha value is -2.14. The smallest absolute Gasteiger partial charge is 0.258 e. The van der Waals surface area contributed by atoms with Crippen molar-refractivity contribution in [2.45, 2.75) is 6.92 Å². The quantitative estimate of drug-likeness (QED) is 0.827. The minimum Gasteiger partial charge on any atom is -0.325 e. The van der Waals surface area contributed by atoms with E-state index >= 15 is 0 Å². The number of nitrogens with one attached hydrogen (secondary N) is 1. The summed E-state index contributed by atoms with van der Waals surface area (Å²) in [7, 11) is 0. The maximum atomic E-state index is 11.5. The minimum absolute atomic E-state index is 0.286. The highest BCUT2D eigenvalue weighted by Gasteiger charge is 2.25. The van der Waals surface area contributed by atoms with Gasteiger partial charge in [0.1, 0.15) is 0 Å². The van der Waals surface area contributed by atoms with Crippen LogP contribution in [0.5, 0.6) is 0 Å². The highest BCUT2D eigenvalue weighted by atomic mass is 35.5. The zero-order chi connectivity index (χ0) is 13.3. The monoisotopic (exact) mass is 264 g/mol. The molecule has 0 fully saturated rings. The molecule has 1 heterocycles. The van der Waals surface area contributed by atoms with Crippen LogP contribution in [0.3, 0.4) is 0 Å². The van der Waals surface area contributed by atoms with E-state index in [1.807, 2.05) is 0 Å². The fourth-order valence-corrected chi connectivity index (χ4v) is 1.76. The molecule has 1 N–H and O–H groups in total. The molecule has 6 heteroatoms. The number of amides is 3. The van der Waals surface area contributed by atoms with Crippen LogP contribution in [0.25, 0.3) is 0 Å². The van der Waals surface area contributed by atoms with Gasteiger partial charge in [-0.1, -0.05) is 11.6 Å². The summed E-state index contributed by atoms with van der Waals surface area (Å²) in [6.07, 6.45) is 2.38. The zero-order valence-corrected chi connectivity index (χ0v) is 10.2. The minimum atomic E-state index is -0.420. The number of benzene rings is 1. The van der Waals surface area contributed by atoms with Crippen LogP contribution < -0.4 is 10.2 Å². The molecule has 0 bridgehead atoms. The highest BCUT2D eigenvalue weighted by molar-refractivity contribution is 6.34. The van der Waals surface area contributed by atoms with E-state index in [0.717, 1.165) is 4.90 Å². The lowest BCUT2D eigenvalue weighted by Gasteiger charge is -2.15. The Morgan fingerprint density at radius 2 is 1.83 bits per heavy atom. The van der Waals surface area contributed by atoms with Gasteiger partial charge >= 0.3 is 0 Å². The number of hydrogen-bond acceptors (Lipinski definition) is 3. The first kappa shape index (κ1) is 12.3. The normalized spacial score (nSPS) is 14.2. The Morgan fingerprint density at radius 1 is 1.22 bits per heavy atom. The molecular formula is C12H9ClN2O3. The van der Waals surface area contributed by atoms with Crippen molar-refractivity contribution in [3.05, 3.63) is 35.4 Å². The standard InChI is InChI=1S/C12H9ClN2O3/c1-7(16)14-10-6-8(2-3-9(10)13)15-11(17)4-5-12(15)18/h2-6H,1H3,(H,14,16). The van der Waals surface area contributed by atoms with Gasteiger partial charge in [0.25, 0.3) is 11.8 Å². The van der Waals surface area contributed by atoms with Gasteiger partial charge in [0, 0.05) is 19.1 Å². The average molecular weight is 265 g/mol. The summed E-state index contributed by atoms with van der Waals surface area (Å²) in [6.45, 7) is 1.34. The summed E-state index contributed by atoms with van der Waals surface area (Å²) in [5, 5.41) is 2.86. The maximum absolute atomic E-state index is 11.5.